The van der Waals surface area contributed by atoms with E-state index in [1.807, 2.05) is 31.2 Å². The minimum absolute atomic E-state index is 0.0256. The SMILES string of the molecule is CC1C=C2c3ccccc3OCC2c2c1c(=O)c2=O. The molecule has 1 aliphatic carbocycles. The average molecular weight is 252 g/mol. The Morgan fingerprint density at radius 1 is 1.11 bits per heavy atom. The summed E-state index contributed by atoms with van der Waals surface area (Å²) in [6, 6.07) is 7.85. The summed E-state index contributed by atoms with van der Waals surface area (Å²) in [5.41, 5.74) is 2.93. The van der Waals surface area contributed by atoms with Crippen molar-refractivity contribution in [3.63, 3.8) is 0 Å². The Balaban J connectivity index is 1.95. The van der Waals surface area contributed by atoms with Crippen molar-refractivity contribution >= 4 is 5.57 Å². The van der Waals surface area contributed by atoms with E-state index < -0.39 is 0 Å². The van der Waals surface area contributed by atoms with Crippen LogP contribution in [0.25, 0.3) is 5.57 Å². The first-order chi connectivity index (χ1) is 9.18. The molecular weight excluding hydrogens is 240 g/mol. The number of benzene rings is 1. The molecule has 4 rings (SSSR count). The summed E-state index contributed by atoms with van der Waals surface area (Å²) in [6.07, 6.45) is 2.11. The Bertz CT molecular complexity index is 791. The molecule has 0 aromatic heterocycles. The van der Waals surface area contributed by atoms with Crippen LogP contribution in [0.2, 0.25) is 0 Å². The van der Waals surface area contributed by atoms with Gasteiger partial charge in [0.25, 0.3) is 0 Å². The zero-order valence-electron chi connectivity index (χ0n) is 10.5. The quantitative estimate of drug-likeness (QED) is 0.673. The number of hydrogen-bond acceptors (Lipinski definition) is 3. The number of allylic oxidation sites excluding steroid dienone is 1. The van der Waals surface area contributed by atoms with Crippen LogP contribution in [0.5, 0.6) is 5.75 Å². The van der Waals surface area contributed by atoms with E-state index in [0.717, 1.165) is 16.9 Å². The van der Waals surface area contributed by atoms with Crippen molar-refractivity contribution < 1.29 is 4.74 Å². The van der Waals surface area contributed by atoms with E-state index in [0.29, 0.717) is 17.7 Å². The summed E-state index contributed by atoms with van der Waals surface area (Å²) in [6.45, 7) is 2.42. The normalized spacial score (nSPS) is 23.9. The van der Waals surface area contributed by atoms with Gasteiger partial charge in [-0.25, -0.2) is 0 Å². The minimum Gasteiger partial charge on any atom is -0.492 e. The zero-order chi connectivity index (χ0) is 13.1. The molecule has 3 heteroatoms. The zero-order valence-corrected chi connectivity index (χ0v) is 10.5. The summed E-state index contributed by atoms with van der Waals surface area (Å²) >= 11 is 0. The molecule has 0 fully saturated rings. The van der Waals surface area contributed by atoms with Crippen LogP contribution in [-0.2, 0) is 0 Å². The van der Waals surface area contributed by atoms with Crippen LogP contribution >= 0.6 is 0 Å². The highest BCUT2D eigenvalue weighted by molar-refractivity contribution is 5.80. The highest BCUT2D eigenvalue weighted by atomic mass is 16.5. The van der Waals surface area contributed by atoms with E-state index in [1.54, 1.807) is 0 Å². The lowest BCUT2D eigenvalue weighted by Crippen LogP contribution is -2.45. The molecule has 0 radical (unpaired) electrons. The second-order valence-corrected chi connectivity index (χ2v) is 5.26. The number of para-hydroxylation sites is 1. The molecule has 2 unspecified atom stereocenters. The van der Waals surface area contributed by atoms with Crippen molar-refractivity contribution in [2.45, 2.75) is 18.8 Å². The fourth-order valence-corrected chi connectivity index (χ4v) is 3.30. The van der Waals surface area contributed by atoms with Gasteiger partial charge in [-0.05, 0) is 11.6 Å². The molecule has 19 heavy (non-hydrogen) atoms. The largest absolute Gasteiger partial charge is 0.492 e. The van der Waals surface area contributed by atoms with Gasteiger partial charge in [-0.3, -0.25) is 9.59 Å². The molecule has 2 aromatic carbocycles. The van der Waals surface area contributed by atoms with Gasteiger partial charge in [0, 0.05) is 28.5 Å². The maximum atomic E-state index is 11.8. The second kappa shape index (κ2) is 3.44. The van der Waals surface area contributed by atoms with Crippen molar-refractivity contribution in [1.29, 1.82) is 0 Å². The summed E-state index contributed by atoms with van der Waals surface area (Å²) in [4.78, 5) is 23.5. The molecule has 0 N–H and O–H groups in total. The fraction of sp³-hybridized carbons (Fsp3) is 0.250. The summed E-state index contributed by atoms with van der Waals surface area (Å²) in [7, 11) is 0. The highest BCUT2D eigenvalue weighted by Gasteiger charge is 2.39. The van der Waals surface area contributed by atoms with Crippen molar-refractivity contribution in [2.24, 2.45) is 0 Å². The van der Waals surface area contributed by atoms with Gasteiger partial charge in [0.05, 0.1) is 6.61 Å². The Labute approximate surface area is 109 Å². The van der Waals surface area contributed by atoms with Crippen molar-refractivity contribution in [1.82, 2.24) is 0 Å². The van der Waals surface area contributed by atoms with E-state index in [-0.39, 0.29) is 22.7 Å². The smallest absolute Gasteiger partial charge is 0.230 e. The molecule has 2 atom stereocenters. The topological polar surface area (TPSA) is 43.4 Å². The Morgan fingerprint density at radius 3 is 2.68 bits per heavy atom. The molecule has 3 nitrogen and oxygen atoms in total. The van der Waals surface area contributed by atoms with Crippen LogP contribution in [0.15, 0.2) is 39.9 Å². The van der Waals surface area contributed by atoms with Crippen LogP contribution in [0.1, 0.15) is 35.4 Å². The van der Waals surface area contributed by atoms with Gasteiger partial charge in [0.2, 0.25) is 10.9 Å². The molecule has 0 amide bonds. The number of fused-ring (bicyclic) bond motifs is 5. The van der Waals surface area contributed by atoms with Gasteiger partial charge < -0.3 is 4.74 Å². The Hall–Kier alpha value is -2.16. The van der Waals surface area contributed by atoms with Gasteiger partial charge in [-0.15, -0.1) is 0 Å². The molecule has 0 bridgehead atoms. The predicted molar refractivity (Wildman–Crippen MR) is 72.4 cm³/mol. The maximum absolute atomic E-state index is 11.8. The molecule has 0 saturated heterocycles. The standard InChI is InChI=1S/C16H12O3/c1-8-6-10-9-4-2-3-5-12(9)19-7-11(10)14-13(8)15(17)16(14)18/h2-6,8,11H,7H2,1H3. The molecule has 1 aliphatic heterocycles. The third-order valence-electron chi connectivity index (χ3n) is 4.20. The van der Waals surface area contributed by atoms with E-state index in [9.17, 15) is 9.59 Å². The van der Waals surface area contributed by atoms with Crippen LogP contribution in [0.3, 0.4) is 0 Å². The van der Waals surface area contributed by atoms with Gasteiger partial charge in [0.15, 0.2) is 0 Å². The third kappa shape index (κ3) is 1.22. The summed E-state index contributed by atoms with van der Waals surface area (Å²) in [5, 5.41) is 0. The number of hydrogen-bond donors (Lipinski definition) is 0. The van der Waals surface area contributed by atoms with Crippen LogP contribution in [0, 0.1) is 0 Å². The van der Waals surface area contributed by atoms with Gasteiger partial charge in [-0.2, -0.15) is 0 Å². The van der Waals surface area contributed by atoms with E-state index >= 15 is 0 Å². The van der Waals surface area contributed by atoms with Crippen LogP contribution in [0.4, 0.5) is 0 Å². The lowest BCUT2D eigenvalue weighted by atomic mass is 9.72. The lowest BCUT2D eigenvalue weighted by Gasteiger charge is -2.35. The van der Waals surface area contributed by atoms with Crippen LogP contribution < -0.4 is 15.6 Å². The van der Waals surface area contributed by atoms with Gasteiger partial charge in [0.1, 0.15) is 5.75 Å². The van der Waals surface area contributed by atoms with E-state index in [1.165, 1.54) is 0 Å². The second-order valence-electron chi connectivity index (χ2n) is 5.26. The molecule has 0 saturated carbocycles. The lowest BCUT2D eigenvalue weighted by molar-refractivity contribution is 0.294. The summed E-state index contributed by atoms with van der Waals surface area (Å²) in [5.74, 6) is 0.822. The predicted octanol–water partition coefficient (Wildman–Crippen LogP) is 1.96. The first-order valence-electron chi connectivity index (χ1n) is 6.45. The van der Waals surface area contributed by atoms with Crippen molar-refractivity contribution in [3.8, 4) is 5.75 Å². The molecule has 1 heterocycles. The molecule has 2 aliphatic rings. The molecule has 0 spiro atoms. The molecule has 94 valence electrons. The van der Waals surface area contributed by atoms with Crippen molar-refractivity contribution in [3.05, 3.63) is 67.5 Å². The molecule has 2 aromatic rings. The van der Waals surface area contributed by atoms with E-state index in [2.05, 4.69) is 6.08 Å². The fourth-order valence-electron chi connectivity index (χ4n) is 3.30. The number of rotatable bonds is 0. The first kappa shape index (κ1) is 10.7. The van der Waals surface area contributed by atoms with Crippen molar-refractivity contribution in [2.75, 3.05) is 6.61 Å². The Kier molecular flexibility index (Phi) is 1.94. The number of ether oxygens (including phenoxy) is 1. The maximum Gasteiger partial charge on any atom is 0.230 e. The Morgan fingerprint density at radius 2 is 1.84 bits per heavy atom. The van der Waals surface area contributed by atoms with E-state index in [4.69, 9.17) is 4.74 Å². The van der Waals surface area contributed by atoms with Gasteiger partial charge in [-0.1, -0.05) is 31.2 Å². The molecular formula is C16H12O3. The van der Waals surface area contributed by atoms with Gasteiger partial charge >= 0.3 is 0 Å². The monoisotopic (exact) mass is 252 g/mol. The first-order valence-corrected chi connectivity index (χ1v) is 6.45. The minimum atomic E-state index is -0.319. The average Bonchev–Trinajstić information content (AvgIpc) is 2.45. The summed E-state index contributed by atoms with van der Waals surface area (Å²) < 4.78 is 5.73. The highest BCUT2D eigenvalue weighted by Crippen LogP contribution is 2.46. The van der Waals surface area contributed by atoms with Crippen LogP contribution in [-0.4, -0.2) is 6.61 Å². The third-order valence-corrected chi connectivity index (χ3v) is 4.20.